The summed E-state index contributed by atoms with van der Waals surface area (Å²) in [6.07, 6.45) is 1.80. The van der Waals surface area contributed by atoms with Crippen LogP contribution in [-0.4, -0.2) is 15.1 Å². The van der Waals surface area contributed by atoms with E-state index < -0.39 is 0 Å². The monoisotopic (exact) mass is 664 g/mol. The Morgan fingerprint density at radius 2 is 1.59 bits per heavy atom. The van der Waals surface area contributed by atoms with Crippen molar-refractivity contribution in [3.05, 3.63) is 103 Å². The van der Waals surface area contributed by atoms with E-state index in [1.807, 2.05) is 42.5 Å². The molecular formula is C32H25N2O2Pt-. The van der Waals surface area contributed by atoms with Gasteiger partial charge in [0.05, 0.1) is 11.1 Å². The van der Waals surface area contributed by atoms with Gasteiger partial charge in [-0.05, 0) is 35.2 Å². The molecule has 1 N–H and O–H groups in total. The molecule has 0 fully saturated rings. The summed E-state index contributed by atoms with van der Waals surface area (Å²) in [5.74, 6) is 0.524. The van der Waals surface area contributed by atoms with Gasteiger partial charge in [0.25, 0.3) is 0 Å². The Morgan fingerprint density at radius 3 is 2.35 bits per heavy atom. The van der Waals surface area contributed by atoms with Gasteiger partial charge in [-0.25, -0.2) is 4.98 Å². The number of phenols is 1. The van der Waals surface area contributed by atoms with E-state index in [4.69, 9.17) is 9.40 Å². The molecule has 186 valence electrons. The SMILES string of the molecule is CC(C)(C)c1cc(-c2[c-]c(-c3ccccn3)cc3ccccc23)c2nc(-c3ccccc3O)oc2c1.[Pt]. The standard InChI is InChI=1S/C32H25N2O2.Pt/c1-32(2,3)22-18-26(30-29(19-22)36-31(34-30)24-12-6-7-14-28(24)35)25-17-21(27-13-8-9-15-33-27)16-20-10-4-5-11-23(20)25;/h4-16,18-19,35H,1-3H3;/q-1;. The molecule has 0 saturated heterocycles. The molecular weight excluding hydrogens is 639 g/mol. The minimum Gasteiger partial charge on any atom is -0.507 e. The summed E-state index contributed by atoms with van der Waals surface area (Å²) in [5, 5.41) is 12.6. The van der Waals surface area contributed by atoms with E-state index in [2.05, 4.69) is 62.2 Å². The molecule has 4 nitrogen and oxygen atoms in total. The number of fused-ring (bicyclic) bond motifs is 2. The normalized spacial score (nSPS) is 11.5. The van der Waals surface area contributed by atoms with Crippen molar-refractivity contribution < 1.29 is 30.6 Å². The van der Waals surface area contributed by atoms with Crippen LogP contribution in [0.25, 0.3) is 55.7 Å². The first-order chi connectivity index (χ1) is 17.4. The largest absolute Gasteiger partial charge is 0.507 e. The van der Waals surface area contributed by atoms with E-state index in [9.17, 15) is 5.11 Å². The van der Waals surface area contributed by atoms with Crippen LogP contribution in [0.1, 0.15) is 26.3 Å². The summed E-state index contributed by atoms with van der Waals surface area (Å²) in [6, 6.07) is 31.4. The second-order valence-electron chi connectivity index (χ2n) is 10.0. The number of hydrogen-bond donors (Lipinski definition) is 1. The summed E-state index contributed by atoms with van der Waals surface area (Å²) in [7, 11) is 0. The Morgan fingerprint density at radius 1 is 0.838 bits per heavy atom. The van der Waals surface area contributed by atoms with Crippen LogP contribution in [0, 0.1) is 6.07 Å². The Balaban J connectivity index is 0.00000280. The molecule has 4 aromatic carbocycles. The number of para-hydroxylation sites is 1. The molecule has 5 heteroatoms. The van der Waals surface area contributed by atoms with Gasteiger partial charge in [-0.3, -0.25) is 4.98 Å². The van der Waals surface area contributed by atoms with E-state index in [0.29, 0.717) is 17.0 Å². The van der Waals surface area contributed by atoms with E-state index in [-0.39, 0.29) is 32.2 Å². The minimum absolute atomic E-state index is 0. The Bertz CT molecular complexity index is 1730. The Kier molecular flexibility index (Phi) is 6.47. The van der Waals surface area contributed by atoms with Crippen molar-refractivity contribution in [2.75, 3.05) is 0 Å². The predicted octanol–water partition coefficient (Wildman–Crippen LogP) is 8.18. The van der Waals surface area contributed by atoms with E-state index in [0.717, 1.165) is 44.2 Å². The molecule has 0 aliphatic carbocycles. The number of hydrogen-bond acceptors (Lipinski definition) is 4. The molecule has 0 unspecified atom stereocenters. The van der Waals surface area contributed by atoms with Gasteiger partial charge in [0.1, 0.15) is 11.3 Å². The second-order valence-corrected chi connectivity index (χ2v) is 10.0. The summed E-state index contributed by atoms with van der Waals surface area (Å²) >= 11 is 0. The number of aromatic hydroxyl groups is 1. The summed E-state index contributed by atoms with van der Waals surface area (Å²) in [4.78, 5) is 9.46. The van der Waals surface area contributed by atoms with Gasteiger partial charge < -0.3 is 9.52 Å². The van der Waals surface area contributed by atoms with E-state index >= 15 is 0 Å². The molecule has 0 atom stereocenters. The van der Waals surface area contributed by atoms with Gasteiger partial charge in [-0.1, -0.05) is 97.3 Å². The topological polar surface area (TPSA) is 59.2 Å². The van der Waals surface area contributed by atoms with Crippen LogP contribution in [0.5, 0.6) is 5.75 Å². The molecule has 6 rings (SSSR count). The quantitative estimate of drug-likeness (QED) is 0.194. The van der Waals surface area contributed by atoms with Crippen molar-refractivity contribution in [1.82, 2.24) is 9.97 Å². The van der Waals surface area contributed by atoms with Gasteiger partial charge in [-0.2, -0.15) is 0 Å². The van der Waals surface area contributed by atoms with Crippen molar-refractivity contribution in [3.8, 4) is 39.6 Å². The molecule has 0 saturated carbocycles. The molecule has 0 aliphatic rings. The Labute approximate surface area is 230 Å². The molecule has 0 spiro atoms. The summed E-state index contributed by atoms with van der Waals surface area (Å²) < 4.78 is 6.26. The van der Waals surface area contributed by atoms with Gasteiger partial charge in [0, 0.05) is 33.0 Å². The van der Waals surface area contributed by atoms with E-state index in [1.165, 1.54) is 0 Å². The Hall–Kier alpha value is -3.75. The van der Waals surface area contributed by atoms with Crippen LogP contribution >= 0.6 is 0 Å². The van der Waals surface area contributed by atoms with Crippen molar-refractivity contribution in [2.24, 2.45) is 0 Å². The molecule has 0 bridgehead atoms. The van der Waals surface area contributed by atoms with Gasteiger partial charge >= 0.3 is 0 Å². The molecule has 0 radical (unpaired) electrons. The van der Waals surface area contributed by atoms with Gasteiger partial charge in [-0.15, -0.1) is 17.7 Å². The van der Waals surface area contributed by atoms with Gasteiger partial charge in [0.15, 0.2) is 0 Å². The predicted molar refractivity (Wildman–Crippen MR) is 145 cm³/mol. The number of pyridine rings is 1. The van der Waals surface area contributed by atoms with Crippen molar-refractivity contribution >= 4 is 21.9 Å². The van der Waals surface area contributed by atoms with Crippen molar-refractivity contribution in [2.45, 2.75) is 26.2 Å². The molecule has 6 aromatic rings. The van der Waals surface area contributed by atoms with Crippen molar-refractivity contribution in [1.29, 1.82) is 0 Å². The average Bonchev–Trinajstić information content (AvgIpc) is 3.32. The number of oxazole rings is 1. The molecule has 37 heavy (non-hydrogen) atoms. The number of aromatic nitrogens is 2. The first-order valence-electron chi connectivity index (χ1n) is 12.0. The van der Waals surface area contributed by atoms with Crippen LogP contribution < -0.4 is 0 Å². The minimum atomic E-state index is -0.112. The number of nitrogens with zero attached hydrogens (tertiary/aromatic N) is 2. The fourth-order valence-electron chi connectivity index (χ4n) is 4.54. The number of benzene rings is 4. The zero-order valence-corrected chi connectivity index (χ0v) is 23.0. The van der Waals surface area contributed by atoms with E-state index in [1.54, 1.807) is 18.3 Å². The molecule has 0 aliphatic heterocycles. The number of phenolic OH excluding ortho intramolecular Hbond substituents is 1. The van der Waals surface area contributed by atoms with Crippen LogP contribution in [0.15, 0.2) is 95.5 Å². The smallest absolute Gasteiger partial charge is 0.230 e. The molecule has 2 heterocycles. The third-order valence-corrected chi connectivity index (χ3v) is 6.50. The van der Waals surface area contributed by atoms with Crippen LogP contribution in [0.4, 0.5) is 0 Å². The maximum atomic E-state index is 10.4. The summed E-state index contributed by atoms with van der Waals surface area (Å²) in [5.41, 5.74) is 6.67. The second kappa shape index (κ2) is 9.61. The van der Waals surface area contributed by atoms with Crippen LogP contribution in [-0.2, 0) is 26.5 Å². The fraction of sp³-hybridized carbons (Fsp3) is 0.125. The molecule has 0 amide bonds. The third-order valence-electron chi connectivity index (χ3n) is 6.50. The van der Waals surface area contributed by atoms with Crippen LogP contribution in [0.2, 0.25) is 0 Å². The first-order valence-corrected chi connectivity index (χ1v) is 12.0. The first kappa shape index (κ1) is 24.9. The van der Waals surface area contributed by atoms with Crippen molar-refractivity contribution in [3.63, 3.8) is 0 Å². The summed E-state index contributed by atoms with van der Waals surface area (Å²) in [6.45, 7) is 6.55. The maximum absolute atomic E-state index is 10.4. The zero-order valence-electron chi connectivity index (χ0n) is 20.7. The fourth-order valence-corrected chi connectivity index (χ4v) is 4.54. The maximum Gasteiger partial charge on any atom is 0.230 e. The van der Waals surface area contributed by atoms with Crippen LogP contribution in [0.3, 0.4) is 0 Å². The number of rotatable bonds is 3. The molecule has 2 aromatic heterocycles. The van der Waals surface area contributed by atoms with Gasteiger partial charge in [0.2, 0.25) is 5.89 Å². The third kappa shape index (κ3) is 4.58. The zero-order chi connectivity index (χ0) is 24.9. The average molecular weight is 665 g/mol.